The fourth-order valence-corrected chi connectivity index (χ4v) is 2.02. The zero-order chi connectivity index (χ0) is 14.9. The van der Waals surface area contributed by atoms with Gasteiger partial charge in [0.25, 0.3) is 0 Å². The summed E-state index contributed by atoms with van der Waals surface area (Å²) in [7, 11) is 1.79. The fraction of sp³-hybridized carbons (Fsp3) is 0.294. The minimum atomic E-state index is 0. The van der Waals surface area contributed by atoms with Crippen molar-refractivity contribution in [2.45, 2.75) is 19.9 Å². The van der Waals surface area contributed by atoms with Crippen LogP contribution in [0.1, 0.15) is 18.9 Å². The quantitative estimate of drug-likeness (QED) is 0.451. The Balaban J connectivity index is 0.00000242. The number of aliphatic imine (C=N–C) groups is 1. The maximum atomic E-state index is 4.39. The molecule has 0 aliphatic carbocycles. The van der Waals surface area contributed by atoms with Gasteiger partial charge in [-0.25, -0.2) is 0 Å². The number of benzene rings is 1. The molecule has 0 saturated carbocycles. The molecule has 0 fully saturated rings. The number of halogens is 1. The lowest BCUT2D eigenvalue weighted by atomic mass is 10.1. The van der Waals surface area contributed by atoms with Crippen LogP contribution in [-0.2, 0) is 6.54 Å². The van der Waals surface area contributed by atoms with E-state index >= 15 is 0 Å². The molecule has 1 aromatic carbocycles. The number of hydrogen-bond donors (Lipinski definition) is 2. The number of nitrogens with zero attached hydrogens (tertiary/aromatic N) is 2. The molecule has 22 heavy (non-hydrogen) atoms. The van der Waals surface area contributed by atoms with E-state index in [4.69, 9.17) is 0 Å². The minimum absolute atomic E-state index is 0. The average molecular weight is 410 g/mol. The Morgan fingerprint density at radius 3 is 2.68 bits per heavy atom. The smallest absolute Gasteiger partial charge is 0.191 e. The fourth-order valence-electron chi connectivity index (χ4n) is 2.02. The third kappa shape index (κ3) is 5.63. The van der Waals surface area contributed by atoms with E-state index in [1.807, 2.05) is 24.4 Å². The van der Waals surface area contributed by atoms with Crippen LogP contribution < -0.4 is 10.6 Å². The average Bonchev–Trinajstić information content (AvgIpc) is 2.56. The van der Waals surface area contributed by atoms with E-state index in [9.17, 15) is 0 Å². The second-order valence-electron chi connectivity index (χ2n) is 4.77. The van der Waals surface area contributed by atoms with E-state index in [0.29, 0.717) is 0 Å². The van der Waals surface area contributed by atoms with Crippen molar-refractivity contribution in [3.63, 3.8) is 0 Å². The van der Waals surface area contributed by atoms with Crippen molar-refractivity contribution in [3.05, 3.63) is 54.2 Å². The predicted molar refractivity (Wildman–Crippen MR) is 104 cm³/mol. The third-order valence-electron chi connectivity index (χ3n) is 3.11. The molecule has 0 bridgehead atoms. The van der Waals surface area contributed by atoms with Crippen LogP contribution >= 0.6 is 24.0 Å². The summed E-state index contributed by atoms with van der Waals surface area (Å²) in [6.07, 6.45) is 2.90. The van der Waals surface area contributed by atoms with Gasteiger partial charge in [0.05, 0.1) is 5.69 Å². The molecule has 0 aliphatic rings. The van der Waals surface area contributed by atoms with Crippen molar-refractivity contribution >= 4 is 29.9 Å². The molecule has 2 rings (SSSR count). The molecule has 0 amide bonds. The summed E-state index contributed by atoms with van der Waals surface area (Å²) in [5.41, 5.74) is 3.33. The summed E-state index contributed by atoms with van der Waals surface area (Å²) in [5, 5.41) is 6.58. The zero-order valence-corrected chi connectivity index (χ0v) is 15.4. The molecule has 1 aromatic heterocycles. The van der Waals surface area contributed by atoms with Crippen LogP contribution in [0.3, 0.4) is 0 Å². The van der Waals surface area contributed by atoms with E-state index in [0.717, 1.165) is 36.7 Å². The molecular weight excluding hydrogens is 387 g/mol. The molecule has 0 saturated heterocycles. The van der Waals surface area contributed by atoms with Crippen LogP contribution in [0.4, 0.5) is 0 Å². The van der Waals surface area contributed by atoms with Gasteiger partial charge in [-0.15, -0.1) is 24.0 Å². The highest BCUT2D eigenvalue weighted by molar-refractivity contribution is 14.0. The Morgan fingerprint density at radius 1 is 1.14 bits per heavy atom. The summed E-state index contributed by atoms with van der Waals surface area (Å²) < 4.78 is 0. The molecular formula is C17H23IN4. The van der Waals surface area contributed by atoms with Gasteiger partial charge in [-0.05, 0) is 30.2 Å². The molecule has 0 unspecified atom stereocenters. The summed E-state index contributed by atoms with van der Waals surface area (Å²) >= 11 is 0. The number of nitrogens with one attached hydrogen (secondary N) is 2. The van der Waals surface area contributed by atoms with Gasteiger partial charge in [-0.1, -0.05) is 31.2 Å². The number of guanidine groups is 1. The van der Waals surface area contributed by atoms with E-state index in [-0.39, 0.29) is 24.0 Å². The molecule has 0 spiro atoms. The largest absolute Gasteiger partial charge is 0.356 e. The lowest BCUT2D eigenvalue weighted by molar-refractivity contribution is 0.781. The van der Waals surface area contributed by atoms with Gasteiger partial charge >= 0.3 is 0 Å². The SMILES string of the molecule is CCCNC(=NC)NCc1cccc(-c2ccccn2)c1.I. The topological polar surface area (TPSA) is 49.3 Å². The Kier molecular flexibility index (Phi) is 8.50. The first-order valence-electron chi connectivity index (χ1n) is 7.28. The first-order chi connectivity index (χ1) is 10.3. The van der Waals surface area contributed by atoms with Gasteiger partial charge in [0.15, 0.2) is 5.96 Å². The van der Waals surface area contributed by atoms with Crippen molar-refractivity contribution in [2.24, 2.45) is 4.99 Å². The molecule has 2 N–H and O–H groups in total. The van der Waals surface area contributed by atoms with Crippen molar-refractivity contribution in [1.82, 2.24) is 15.6 Å². The van der Waals surface area contributed by atoms with Gasteiger partial charge in [0.1, 0.15) is 0 Å². The van der Waals surface area contributed by atoms with Crippen LogP contribution in [0.15, 0.2) is 53.7 Å². The molecule has 5 heteroatoms. The summed E-state index contributed by atoms with van der Waals surface area (Å²) in [6, 6.07) is 14.4. The standard InChI is InChI=1S/C17H22N4.HI/c1-3-10-20-17(18-2)21-13-14-7-6-8-15(12-14)16-9-4-5-11-19-16;/h4-9,11-12H,3,10,13H2,1-2H3,(H2,18,20,21);1H. The Labute approximate surface area is 149 Å². The number of rotatable bonds is 5. The van der Waals surface area contributed by atoms with Crippen LogP contribution in [0, 0.1) is 0 Å². The highest BCUT2D eigenvalue weighted by atomic mass is 127. The zero-order valence-electron chi connectivity index (χ0n) is 13.0. The minimum Gasteiger partial charge on any atom is -0.356 e. The molecule has 4 nitrogen and oxygen atoms in total. The van der Waals surface area contributed by atoms with Gasteiger partial charge < -0.3 is 10.6 Å². The van der Waals surface area contributed by atoms with Gasteiger partial charge in [0, 0.05) is 31.9 Å². The van der Waals surface area contributed by atoms with Crippen molar-refractivity contribution in [3.8, 4) is 11.3 Å². The normalized spacial score (nSPS) is 10.7. The van der Waals surface area contributed by atoms with Gasteiger partial charge in [-0.2, -0.15) is 0 Å². The number of hydrogen-bond acceptors (Lipinski definition) is 2. The Bertz CT molecular complexity index is 584. The van der Waals surface area contributed by atoms with Crippen LogP contribution in [0.5, 0.6) is 0 Å². The summed E-state index contributed by atoms with van der Waals surface area (Å²) in [5.74, 6) is 0.833. The Hall–Kier alpha value is -1.63. The van der Waals surface area contributed by atoms with Crippen LogP contribution in [0.25, 0.3) is 11.3 Å². The molecule has 0 aliphatic heterocycles. The molecule has 0 atom stereocenters. The number of pyridine rings is 1. The second-order valence-corrected chi connectivity index (χ2v) is 4.77. The highest BCUT2D eigenvalue weighted by Crippen LogP contribution is 2.17. The maximum absolute atomic E-state index is 4.39. The lowest BCUT2D eigenvalue weighted by Crippen LogP contribution is -2.37. The maximum Gasteiger partial charge on any atom is 0.191 e. The summed E-state index contributed by atoms with van der Waals surface area (Å²) in [6.45, 7) is 3.80. The van der Waals surface area contributed by atoms with Gasteiger partial charge in [-0.3, -0.25) is 9.98 Å². The first-order valence-corrected chi connectivity index (χ1v) is 7.28. The van der Waals surface area contributed by atoms with E-state index < -0.39 is 0 Å². The highest BCUT2D eigenvalue weighted by Gasteiger charge is 2.01. The van der Waals surface area contributed by atoms with E-state index in [1.54, 1.807) is 7.05 Å². The predicted octanol–water partition coefficient (Wildman–Crippen LogP) is 3.44. The van der Waals surface area contributed by atoms with E-state index in [2.05, 4.69) is 51.8 Å². The molecule has 118 valence electrons. The van der Waals surface area contributed by atoms with Crippen LogP contribution in [0.2, 0.25) is 0 Å². The first kappa shape index (κ1) is 18.4. The van der Waals surface area contributed by atoms with Crippen LogP contribution in [-0.4, -0.2) is 24.5 Å². The molecule has 0 radical (unpaired) electrons. The second kappa shape index (κ2) is 10.2. The lowest BCUT2D eigenvalue weighted by Gasteiger charge is -2.11. The van der Waals surface area contributed by atoms with Crippen molar-refractivity contribution in [1.29, 1.82) is 0 Å². The third-order valence-corrected chi connectivity index (χ3v) is 3.11. The summed E-state index contributed by atoms with van der Waals surface area (Å²) in [4.78, 5) is 8.59. The van der Waals surface area contributed by atoms with Crippen molar-refractivity contribution in [2.75, 3.05) is 13.6 Å². The molecule has 1 heterocycles. The van der Waals surface area contributed by atoms with E-state index in [1.165, 1.54) is 5.56 Å². The number of aromatic nitrogens is 1. The Morgan fingerprint density at radius 2 is 2.00 bits per heavy atom. The monoisotopic (exact) mass is 410 g/mol. The van der Waals surface area contributed by atoms with Crippen molar-refractivity contribution < 1.29 is 0 Å². The molecule has 2 aromatic rings. The van der Waals surface area contributed by atoms with Gasteiger partial charge in [0.2, 0.25) is 0 Å².